The summed E-state index contributed by atoms with van der Waals surface area (Å²) in [5, 5.41) is 9.96. The highest BCUT2D eigenvalue weighted by Crippen LogP contribution is 2.20. The number of nitrogens with zero attached hydrogens (tertiary/aromatic N) is 2. The lowest BCUT2D eigenvalue weighted by Gasteiger charge is -2.26. The van der Waals surface area contributed by atoms with Crippen molar-refractivity contribution in [3.05, 3.63) is 30.2 Å². The Bertz CT molecular complexity index is 594. The number of hydrogen-bond donors (Lipinski definition) is 2. The molecule has 1 fully saturated rings. The average molecular weight is 341 g/mol. The van der Waals surface area contributed by atoms with E-state index in [2.05, 4.69) is 20.7 Å². The first-order valence-electron chi connectivity index (χ1n) is 7.55. The van der Waals surface area contributed by atoms with Crippen molar-refractivity contribution in [2.24, 2.45) is 0 Å². The zero-order valence-corrected chi connectivity index (χ0v) is 13.6. The molecule has 1 aliphatic heterocycles. The molecular formula is C15H21ClN4O3. The van der Waals surface area contributed by atoms with Crippen molar-refractivity contribution >= 4 is 18.3 Å². The zero-order chi connectivity index (χ0) is 15.2. The van der Waals surface area contributed by atoms with Crippen molar-refractivity contribution in [3.63, 3.8) is 0 Å². The van der Waals surface area contributed by atoms with Crippen LogP contribution in [-0.2, 0) is 0 Å². The van der Waals surface area contributed by atoms with Crippen molar-refractivity contribution in [2.45, 2.75) is 6.42 Å². The number of carbonyl (C=O) groups is 1. The first-order chi connectivity index (χ1) is 10.8. The molecule has 0 saturated carbocycles. The molecule has 0 atom stereocenters. The van der Waals surface area contributed by atoms with Gasteiger partial charge in [0.1, 0.15) is 0 Å². The van der Waals surface area contributed by atoms with Crippen molar-refractivity contribution in [2.75, 3.05) is 39.3 Å². The van der Waals surface area contributed by atoms with Crippen LogP contribution in [0.15, 0.2) is 33.4 Å². The fraction of sp³-hybridized carbons (Fsp3) is 0.467. The lowest BCUT2D eigenvalue weighted by Crippen LogP contribution is -2.44. The predicted molar refractivity (Wildman–Crippen MR) is 87.7 cm³/mol. The van der Waals surface area contributed by atoms with Crippen LogP contribution < -0.4 is 10.6 Å². The topological polar surface area (TPSA) is 83.5 Å². The van der Waals surface area contributed by atoms with Gasteiger partial charge in [-0.1, -0.05) is 5.16 Å². The van der Waals surface area contributed by atoms with E-state index < -0.39 is 0 Å². The Morgan fingerprint density at radius 1 is 1.35 bits per heavy atom. The lowest BCUT2D eigenvalue weighted by atomic mass is 10.3. The fourth-order valence-corrected chi connectivity index (χ4v) is 2.45. The molecule has 0 aromatic carbocycles. The van der Waals surface area contributed by atoms with E-state index >= 15 is 0 Å². The van der Waals surface area contributed by atoms with E-state index in [1.165, 1.54) is 0 Å². The number of furan rings is 1. The second kappa shape index (κ2) is 8.71. The van der Waals surface area contributed by atoms with Crippen LogP contribution in [0.4, 0.5) is 0 Å². The largest absolute Gasteiger partial charge is 0.461 e. The average Bonchev–Trinajstić information content (AvgIpc) is 3.22. The second-order valence-electron chi connectivity index (χ2n) is 5.25. The molecule has 3 rings (SSSR count). The molecule has 2 N–H and O–H groups in total. The molecule has 3 heterocycles. The molecule has 1 aliphatic rings. The third kappa shape index (κ3) is 4.82. The maximum Gasteiger partial charge on any atom is 0.273 e. The van der Waals surface area contributed by atoms with Gasteiger partial charge in [0.05, 0.1) is 6.26 Å². The van der Waals surface area contributed by atoms with E-state index in [1.54, 1.807) is 24.5 Å². The molecule has 0 spiro atoms. The smallest absolute Gasteiger partial charge is 0.273 e. The highest BCUT2D eigenvalue weighted by molar-refractivity contribution is 5.92. The van der Waals surface area contributed by atoms with Crippen LogP contribution in [0.5, 0.6) is 0 Å². The Morgan fingerprint density at radius 3 is 2.91 bits per heavy atom. The van der Waals surface area contributed by atoms with Crippen LogP contribution in [0.1, 0.15) is 16.9 Å². The van der Waals surface area contributed by atoms with E-state index in [1.807, 2.05) is 0 Å². The Kier molecular flexibility index (Phi) is 6.64. The van der Waals surface area contributed by atoms with E-state index in [0.29, 0.717) is 18.1 Å². The van der Waals surface area contributed by atoms with Gasteiger partial charge in [0.15, 0.2) is 11.5 Å². The summed E-state index contributed by atoms with van der Waals surface area (Å²) in [6, 6.07) is 5.11. The number of hydrogen-bond acceptors (Lipinski definition) is 6. The molecule has 8 heteroatoms. The Hall–Kier alpha value is -1.83. The molecule has 0 radical (unpaired) electrons. The van der Waals surface area contributed by atoms with Gasteiger partial charge in [-0.2, -0.15) is 0 Å². The number of amides is 1. The summed E-state index contributed by atoms with van der Waals surface area (Å²) in [4.78, 5) is 14.4. The molecule has 1 amide bonds. The quantitative estimate of drug-likeness (QED) is 0.773. The summed E-state index contributed by atoms with van der Waals surface area (Å²) in [5.41, 5.74) is 0.272. The van der Waals surface area contributed by atoms with E-state index in [9.17, 15) is 4.79 Å². The van der Waals surface area contributed by atoms with Crippen LogP contribution in [0.25, 0.3) is 11.5 Å². The molecule has 0 bridgehead atoms. The van der Waals surface area contributed by atoms with Gasteiger partial charge in [-0.3, -0.25) is 4.79 Å². The Morgan fingerprint density at radius 2 is 2.17 bits per heavy atom. The van der Waals surface area contributed by atoms with Crippen molar-refractivity contribution < 1.29 is 13.7 Å². The third-order valence-corrected chi connectivity index (χ3v) is 3.65. The molecule has 2 aromatic rings. The molecule has 1 saturated heterocycles. The normalized spacial score (nSPS) is 15.1. The van der Waals surface area contributed by atoms with Gasteiger partial charge in [-0.15, -0.1) is 12.4 Å². The Labute approximate surface area is 140 Å². The number of carbonyl (C=O) groups excluding carboxylic acids is 1. The van der Waals surface area contributed by atoms with E-state index in [4.69, 9.17) is 8.94 Å². The summed E-state index contributed by atoms with van der Waals surface area (Å²) in [6.45, 7) is 5.86. The minimum absolute atomic E-state index is 0. The SMILES string of the molecule is Cl.O=C(NCCCN1CCNCC1)c1cc(-c2ccco2)on1. The third-order valence-electron chi connectivity index (χ3n) is 3.65. The fourth-order valence-electron chi connectivity index (χ4n) is 2.45. The zero-order valence-electron chi connectivity index (χ0n) is 12.8. The van der Waals surface area contributed by atoms with Crippen LogP contribution in [0.2, 0.25) is 0 Å². The van der Waals surface area contributed by atoms with Gasteiger partial charge in [0.25, 0.3) is 5.91 Å². The highest BCUT2D eigenvalue weighted by Gasteiger charge is 2.15. The minimum atomic E-state index is -0.220. The standard InChI is InChI=1S/C15H20N4O3.ClH/c20-15(17-4-2-7-19-8-5-16-6-9-19)12-11-14(22-18-12)13-3-1-10-21-13;/h1,3,10-11,16H,2,4-9H2,(H,17,20);1H. The summed E-state index contributed by atoms with van der Waals surface area (Å²) in [6.07, 6.45) is 2.47. The van der Waals surface area contributed by atoms with Crippen LogP contribution in [-0.4, -0.2) is 55.2 Å². The summed E-state index contributed by atoms with van der Waals surface area (Å²) in [7, 11) is 0. The van der Waals surface area contributed by atoms with Crippen LogP contribution >= 0.6 is 12.4 Å². The van der Waals surface area contributed by atoms with Crippen LogP contribution in [0, 0.1) is 0 Å². The van der Waals surface area contributed by atoms with Crippen molar-refractivity contribution in [3.8, 4) is 11.5 Å². The van der Waals surface area contributed by atoms with Gasteiger partial charge >= 0.3 is 0 Å². The molecule has 0 unspecified atom stereocenters. The monoisotopic (exact) mass is 340 g/mol. The van der Waals surface area contributed by atoms with Gasteiger partial charge < -0.3 is 24.5 Å². The highest BCUT2D eigenvalue weighted by atomic mass is 35.5. The summed E-state index contributed by atoms with van der Waals surface area (Å²) >= 11 is 0. The Balaban J connectivity index is 0.00000192. The van der Waals surface area contributed by atoms with Gasteiger partial charge in [0.2, 0.25) is 5.76 Å². The molecular weight excluding hydrogens is 320 g/mol. The van der Waals surface area contributed by atoms with E-state index in [-0.39, 0.29) is 24.0 Å². The van der Waals surface area contributed by atoms with Crippen molar-refractivity contribution in [1.82, 2.24) is 20.7 Å². The molecule has 126 valence electrons. The number of piperazine rings is 1. The number of halogens is 1. The van der Waals surface area contributed by atoms with E-state index in [0.717, 1.165) is 39.1 Å². The maximum absolute atomic E-state index is 12.0. The van der Waals surface area contributed by atoms with Crippen molar-refractivity contribution in [1.29, 1.82) is 0 Å². The molecule has 23 heavy (non-hydrogen) atoms. The van der Waals surface area contributed by atoms with Crippen LogP contribution in [0.3, 0.4) is 0 Å². The lowest BCUT2D eigenvalue weighted by molar-refractivity contribution is 0.0942. The summed E-state index contributed by atoms with van der Waals surface area (Å²) < 4.78 is 10.3. The number of aromatic nitrogens is 1. The molecule has 7 nitrogen and oxygen atoms in total. The molecule has 2 aromatic heterocycles. The summed E-state index contributed by atoms with van der Waals surface area (Å²) in [5.74, 6) is 0.795. The van der Waals surface area contributed by atoms with Gasteiger partial charge in [-0.25, -0.2) is 0 Å². The number of nitrogens with one attached hydrogen (secondary N) is 2. The van der Waals surface area contributed by atoms with Gasteiger partial charge in [-0.05, 0) is 25.1 Å². The predicted octanol–water partition coefficient (Wildman–Crippen LogP) is 1.38. The molecule has 0 aliphatic carbocycles. The minimum Gasteiger partial charge on any atom is -0.461 e. The second-order valence-corrected chi connectivity index (χ2v) is 5.25. The van der Waals surface area contributed by atoms with Gasteiger partial charge in [0, 0.05) is 38.8 Å². The number of rotatable bonds is 6. The maximum atomic E-state index is 12.0. The first-order valence-corrected chi connectivity index (χ1v) is 7.55. The first kappa shape index (κ1) is 17.5.